The molecule has 0 radical (unpaired) electrons. The quantitative estimate of drug-likeness (QED) is 0.586. The number of carbonyl (C=O) groups is 2. The summed E-state index contributed by atoms with van der Waals surface area (Å²) in [4.78, 5) is 31.7. The molecule has 3 aromatic carbocycles. The molecule has 0 fully saturated rings. The van der Waals surface area contributed by atoms with Crippen LogP contribution in [0.25, 0.3) is 17.2 Å². The van der Waals surface area contributed by atoms with Crippen LogP contribution in [-0.2, 0) is 14.4 Å². The molecule has 0 aliphatic carbocycles. The molecule has 0 spiro atoms. The van der Waals surface area contributed by atoms with E-state index >= 15 is 0 Å². The molecule has 0 N–H and O–H groups in total. The van der Waals surface area contributed by atoms with Crippen molar-refractivity contribution in [2.24, 2.45) is 0 Å². The molecule has 0 aromatic heterocycles. The first-order valence-corrected chi connectivity index (χ1v) is 9.34. The van der Waals surface area contributed by atoms with Crippen LogP contribution in [0.1, 0.15) is 16.7 Å². The van der Waals surface area contributed by atoms with E-state index in [1.54, 1.807) is 6.08 Å². The summed E-state index contributed by atoms with van der Waals surface area (Å²) in [6.07, 6.45) is 3.66. The maximum atomic E-state index is 13.1. The molecule has 0 bridgehead atoms. The average Bonchev–Trinajstić information content (AvgIpc) is 3.03. The molecule has 4 heteroatoms. The van der Waals surface area contributed by atoms with Gasteiger partial charge in [0.2, 0.25) is 0 Å². The van der Waals surface area contributed by atoms with Crippen LogP contribution in [0.3, 0.4) is 0 Å². The Morgan fingerprint density at radius 3 is 1.59 bits per heavy atom. The number of amides is 2. The largest absolute Gasteiger partial charge is 0.286 e. The molecule has 1 aliphatic heterocycles. The highest BCUT2D eigenvalue weighted by Gasteiger charge is 2.40. The lowest BCUT2D eigenvalue weighted by atomic mass is 9.96. The van der Waals surface area contributed by atoms with Crippen LogP contribution in [0.2, 0.25) is 0 Å². The molecule has 29 heavy (non-hydrogen) atoms. The van der Waals surface area contributed by atoms with Crippen LogP contribution in [0.15, 0.2) is 97.1 Å². The summed E-state index contributed by atoms with van der Waals surface area (Å²) in [5.74, 6) is -0.902. The van der Waals surface area contributed by atoms with E-state index in [2.05, 4.69) is 0 Å². The van der Waals surface area contributed by atoms with E-state index in [1.807, 2.05) is 97.1 Å². The Morgan fingerprint density at radius 1 is 0.655 bits per heavy atom. The zero-order valence-electron chi connectivity index (χ0n) is 15.7. The molecule has 0 saturated carbocycles. The van der Waals surface area contributed by atoms with E-state index in [9.17, 15) is 9.59 Å². The first-order valence-electron chi connectivity index (χ1n) is 9.34. The summed E-state index contributed by atoms with van der Waals surface area (Å²) < 4.78 is 0. The first kappa shape index (κ1) is 18.6. The number of nitrogens with zero attached hydrogens (tertiary/aromatic N) is 1. The van der Waals surface area contributed by atoms with Crippen molar-refractivity contribution in [1.82, 2.24) is 5.06 Å². The lowest BCUT2D eigenvalue weighted by Crippen LogP contribution is -2.31. The van der Waals surface area contributed by atoms with E-state index in [-0.39, 0.29) is 6.61 Å². The second kappa shape index (κ2) is 8.50. The standard InChI is InChI=1S/C25H19NO3/c27-24-22(20-14-6-2-7-15-20)23(21-16-8-3-9-17-21)25(28)26(24)29-18-10-13-19-11-4-1-5-12-19/h1-17H,18H2/b13-10+. The van der Waals surface area contributed by atoms with E-state index < -0.39 is 11.8 Å². The molecule has 0 atom stereocenters. The van der Waals surface area contributed by atoms with Crippen molar-refractivity contribution < 1.29 is 14.4 Å². The smallest absolute Gasteiger partial charge is 0.266 e. The van der Waals surface area contributed by atoms with Crippen molar-refractivity contribution in [1.29, 1.82) is 0 Å². The zero-order valence-corrected chi connectivity index (χ0v) is 15.7. The third kappa shape index (κ3) is 3.93. The second-order valence-electron chi connectivity index (χ2n) is 6.50. The van der Waals surface area contributed by atoms with Gasteiger partial charge in [-0.05, 0) is 16.7 Å². The van der Waals surface area contributed by atoms with Crippen molar-refractivity contribution in [3.05, 3.63) is 114 Å². The third-order valence-electron chi connectivity index (χ3n) is 4.58. The van der Waals surface area contributed by atoms with Gasteiger partial charge >= 0.3 is 0 Å². The van der Waals surface area contributed by atoms with E-state index in [4.69, 9.17) is 4.84 Å². The van der Waals surface area contributed by atoms with E-state index in [0.717, 1.165) is 10.6 Å². The predicted octanol–water partition coefficient (Wildman–Crippen LogP) is 4.61. The summed E-state index contributed by atoms with van der Waals surface area (Å²) in [5.41, 5.74) is 3.11. The van der Waals surface area contributed by atoms with Gasteiger partial charge in [0.15, 0.2) is 0 Å². The fourth-order valence-corrected chi connectivity index (χ4v) is 3.24. The Balaban J connectivity index is 1.60. The van der Waals surface area contributed by atoms with Crippen molar-refractivity contribution in [3.63, 3.8) is 0 Å². The van der Waals surface area contributed by atoms with Gasteiger partial charge in [0.05, 0.1) is 17.8 Å². The van der Waals surface area contributed by atoms with Gasteiger partial charge in [-0.25, -0.2) is 0 Å². The van der Waals surface area contributed by atoms with Gasteiger partial charge in [-0.15, -0.1) is 5.06 Å². The number of rotatable bonds is 6. The minimum absolute atomic E-state index is 0.108. The van der Waals surface area contributed by atoms with Gasteiger partial charge in [0, 0.05) is 0 Å². The first-order chi connectivity index (χ1) is 14.3. The molecule has 4 rings (SSSR count). The molecule has 142 valence electrons. The van der Waals surface area contributed by atoms with Gasteiger partial charge in [-0.3, -0.25) is 14.4 Å². The molecule has 3 aromatic rings. The fraction of sp³-hybridized carbons (Fsp3) is 0.0400. The van der Waals surface area contributed by atoms with Gasteiger partial charge in [0.1, 0.15) is 0 Å². The number of hydroxylamine groups is 2. The normalized spacial score (nSPS) is 14.3. The number of hydrogen-bond donors (Lipinski definition) is 0. The van der Waals surface area contributed by atoms with Crippen LogP contribution in [0.4, 0.5) is 0 Å². The maximum Gasteiger partial charge on any atom is 0.286 e. The van der Waals surface area contributed by atoms with Crippen molar-refractivity contribution >= 4 is 29.0 Å². The highest BCUT2D eigenvalue weighted by atomic mass is 16.7. The third-order valence-corrected chi connectivity index (χ3v) is 4.58. The summed E-state index contributed by atoms with van der Waals surface area (Å²) in [6.45, 7) is 0.108. The van der Waals surface area contributed by atoms with E-state index in [1.165, 1.54) is 0 Å². The molecular formula is C25H19NO3. The van der Waals surface area contributed by atoms with Crippen LogP contribution < -0.4 is 0 Å². The summed E-state index contributed by atoms with van der Waals surface area (Å²) in [7, 11) is 0. The number of imide groups is 1. The van der Waals surface area contributed by atoms with Crippen molar-refractivity contribution in [3.8, 4) is 0 Å². The molecule has 2 amide bonds. The van der Waals surface area contributed by atoms with Crippen LogP contribution in [-0.4, -0.2) is 23.5 Å². The molecular weight excluding hydrogens is 362 g/mol. The second-order valence-corrected chi connectivity index (χ2v) is 6.50. The van der Waals surface area contributed by atoms with Crippen molar-refractivity contribution in [2.75, 3.05) is 6.61 Å². The summed E-state index contributed by atoms with van der Waals surface area (Å²) >= 11 is 0. The van der Waals surface area contributed by atoms with Crippen LogP contribution >= 0.6 is 0 Å². The minimum atomic E-state index is -0.451. The zero-order chi connectivity index (χ0) is 20.1. The molecule has 1 aliphatic rings. The SMILES string of the molecule is O=C1C(c2ccccc2)=C(c2ccccc2)C(=O)N1OC/C=C/c1ccccc1. The number of hydrogen-bond acceptors (Lipinski definition) is 3. The van der Waals surface area contributed by atoms with Gasteiger partial charge in [-0.1, -0.05) is 103 Å². The van der Waals surface area contributed by atoms with Gasteiger partial charge in [0.25, 0.3) is 11.8 Å². The summed E-state index contributed by atoms with van der Waals surface area (Å²) in [6, 6.07) is 28.1. The van der Waals surface area contributed by atoms with Crippen LogP contribution in [0.5, 0.6) is 0 Å². The lowest BCUT2D eigenvalue weighted by molar-refractivity contribution is -0.181. The van der Waals surface area contributed by atoms with Gasteiger partial charge in [-0.2, -0.15) is 0 Å². The minimum Gasteiger partial charge on any atom is -0.266 e. The Morgan fingerprint density at radius 2 is 1.10 bits per heavy atom. The number of carbonyl (C=O) groups excluding carboxylic acids is 2. The Kier molecular flexibility index (Phi) is 5.45. The van der Waals surface area contributed by atoms with Crippen LogP contribution in [0, 0.1) is 0 Å². The molecule has 1 heterocycles. The van der Waals surface area contributed by atoms with Gasteiger partial charge < -0.3 is 0 Å². The monoisotopic (exact) mass is 381 g/mol. The summed E-state index contributed by atoms with van der Waals surface area (Å²) in [5, 5.41) is 0.861. The Labute approximate surface area is 169 Å². The fourth-order valence-electron chi connectivity index (χ4n) is 3.24. The molecule has 0 saturated heterocycles. The lowest BCUT2D eigenvalue weighted by Gasteiger charge is -2.13. The molecule has 0 unspecified atom stereocenters. The Hall–Kier alpha value is -3.76. The maximum absolute atomic E-state index is 13.1. The predicted molar refractivity (Wildman–Crippen MR) is 113 cm³/mol. The highest BCUT2D eigenvalue weighted by Crippen LogP contribution is 2.35. The van der Waals surface area contributed by atoms with E-state index in [0.29, 0.717) is 22.3 Å². The Bertz CT molecular complexity index is 1010. The number of benzene rings is 3. The average molecular weight is 381 g/mol. The molecule has 4 nitrogen and oxygen atoms in total. The van der Waals surface area contributed by atoms with Crippen molar-refractivity contribution in [2.45, 2.75) is 0 Å². The highest BCUT2D eigenvalue weighted by molar-refractivity contribution is 6.48. The topological polar surface area (TPSA) is 46.6 Å².